The van der Waals surface area contributed by atoms with Crippen LogP contribution in [0.25, 0.3) is 0 Å². The minimum absolute atomic E-state index is 0.0664. The molecule has 0 radical (unpaired) electrons. The predicted molar refractivity (Wildman–Crippen MR) is 110 cm³/mol. The molecule has 2 atom stereocenters. The Morgan fingerprint density at radius 2 is 1.97 bits per heavy atom. The van der Waals surface area contributed by atoms with Gasteiger partial charge in [-0.05, 0) is 86.9 Å². The van der Waals surface area contributed by atoms with E-state index in [1.807, 2.05) is 12.1 Å². The van der Waals surface area contributed by atoms with Crippen LogP contribution in [0.2, 0.25) is 0 Å². The van der Waals surface area contributed by atoms with Gasteiger partial charge in [-0.25, -0.2) is 4.39 Å². The summed E-state index contributed by atoms with van der Waals surface area (Å²) in [6.45, 7) is 3.38. The molecule has 0 spiro atoms. The maximum atomic E-state index is 14.0. The lowest BCUT2D eigenvalue weighted by Crippen LogP contribution is -2.51. The third kappa shape index (κ3) is 4.36. The fourth-order valence-electron chi connectivity index (χ4n) is 5.64. The monoisotopic (exact) mass is 403 g/mol. The zero-order chi connectivity index (χ0) is 20.5. The molecule has 1 aromatic rings. The second-order valence-corrected chi connectivity index (χ2v) is 9.81. The van der Waals surface area contributed by atoms with E-state index in [1.165, 1.54) is 0 Å². The lowest BCUT2D eigenvalue weighted by molar-refractivity contribution is -0.157. The fourth-order valence-corrected chi connectivity index (χ4v) is 5.64. The lowest BCUT2D eigenvalue weighted by Gasteiger charge is -2.46. The van der Waals surface area contributed by atoms with Crippen LogP contribution in [0.5, 0.6) is 0 Å². The van der Waals surface area contributed by atoms with Crippen molar-refractivity contribution in [1.29, 1.82) is 0 Å². The molecule has 5 heteroatoms. The summed E-state index contributed by atoms with van der Waals surface area (Å²) in [6, 6.07) is 7.19. The van der Waals surface area contributed by atoms with Gasteiger partial charge >= 0.3 is 5.97 Å². The summed E-state index contributed by atoms with van der Waals surface area (Å²) in [6.07, 6.45) is 8.15. The molecule has 1 saturated heterocycles. The van der Waals surface area contributed by atoms with E-state index in [4.69, 9.17) is 4.74 Å². The molecule has 3 aliphatic rings. The Morgan fingerprint density at radius 3 is 2.55 bits per heavy atom. The Kier molecular flexibility index (Phi) is 5.99. The number of carboxylic acids is 1. The van der Waals surface area contributed by atoms with Crippen LogP contribution in [0.3, 0.4) is 0 Å². The standard InChI is InChI=1S/C24H34FNO3/c1-29-17-23(10-7-18-15-20(18)19-5-2-3-6-21(19)25)11-13-26(14-12-23)16-24(22(27)28)8-4-9-24/h2-3,5-6,18,20H,4,7-17H2,1H3,(H,27,28)/t18-,20?/m1/s1. The first kappa shape index (κ1) is 20.8. The number of halogens is 1. The van der Waals surface area contributed by atoms with E-state index in [2.05, 4.69) is 4.90 Å². The number of carboxylic acid groups (broad SMARTS) is 1. The van der Waals surface area contributed by atoms with Crippen molar-refractivity contribution in [3.8, 4) is 0 Å². The molecule has 1 N–H and O–H groups in total. The second kappa shape index (κ2) is 8.35. The predicted octanol–water partition coefficient (Wildman–Crippen LogP) is 4.69. The van der Waals surface area contributed by atoms with E-state index in [-0.39, 0.29) is 11.2 Å². The molecule has 4 nitrogen and oxygen atoms in total. The molecule has 2 saturated carbocycles. The van der Waals surface area contributed by atoms with Crippen LogP contribution in [0, 0.1) is 22.6 Å². The van der Waals surface area contributed by atoms with Crippen LogP contribution in [-0.4, -0.2) is 49.3 Å². The van der Waals surface area contributed by atoms with Gasteiger partial charge < -0.3 is 14.7 Å². The van der Waals surface area contributed by atoms with Gasteiger partial charge in [0.05, 0.1) is 12.0 Å². The third-order valence-corrected chi connectivity index (χ3v) is 7.93. The highest BCUT2D eigenvalue weighted by Crippen LogP contribution is 2.53. The second-order valence-electron chi connectivity index (χ2n) is 9.81. The van der Waals surface area contributed by atoms with Gasteiger partial charge in [0.2, 0.25) is 0 Å². The molecule has 29 heavy (non-hydrogen) atoms. The highest BCUT2D eigenvalue weighted by molar-refractivity contribution is 5.76. The topological polar surface area (TPSA) is 49.8 Å². The molecular weight excluding hydrogens is 369 g/mol. The van der Waals surface area contributed by atoms with Gasteiger partial charge in [0, 0.05) is 13.7 Å². The van der Waals surface area contributed by atoms with Crippen LogP contribution in [0.1, 0.15) is 62.8 Å². The molecule has 0 aromatic heterocycles. The number of hydrogen-bond donors (Lipinski definition) is 1. The summed E-state index contributed by atoms with van der Waals surface area (Å²) in [7, 11) is 1.78. The average molecular weight is 404 g/mol. The van der Waals surface area contributed by atoms with Crippen LogP contribution < -0.4 is 0 Å². The van der Waals surface area contributed by atoms with Gasteiger partial charge in [0.1, 0.15) is 5.82 Å². The zero-order valence-corrected chi connectivity index (χ0v) is 17.5. The molecule has 1 aromatic carbocycles. The van der Waals surface area contributed by atoms with E-state index in [0.717, 1.165) is 76.6 Å². The highest BCUT2D eigenvalue weighted by atomic mass is 19.1. The molecule has 1 unspecified atom stereocenters. The molecule has 0 amide bonds. The van der Waals surface area contributed by atoms with E-state index >= 15 is 0 Å². The summed E-state index contributed by atoms with van der Waals surface area (Å²) in [5.74, 6) is 0.280. The number of likely N-dealkylation sites (tertiary alicyclic amines) is 1. The summed E-state index contributed by atoms with van der Waals surface area (Å²) >= 11 is 0. The van der Waals surface area contributed by atoms with Crippen molar-refractivity contribution in [1.82, 2.24) is 4.90 Å². The number of hydrogen-bond acceptors (Lipinski definition) is 3. The Balaban J connectivity index is 1.29. The molecule has 160 valence electrons. The summed E-state index contributed by atoms with van der Waals surface area (Å²) in [4.78, 5) is 14.1. The first-order valence-corrected chi connectivity index (χ1v) is 11.2. The van der Waals surface area contributed by atoms with E-state index < -0.39 is 11.4 Å². The van der Waals surface area contributed by atoms with Gasteiger partial charge in [-0.15, -0.1) is 0 Å². The molecule has 1 aliphatic heterocycles. The van der Waals surface area contributed by atoms with Crippen LogP contribution in [0.15, 0.2) is 24.3 Å². The number of nitrogens with zero attached hydrogens (tertiary/aromatic N) is 1. The molecule has 0 bridgehead atoms. The van der Waals surface area contributed by atoms with Crippen molar-refractivity contribution < 1.29 is 19.0 Å². The Morgan fingerprint density at radius 1 is 1.24 bits per heavy atom. The van der Waals surface area contributed by atoms with Crippen LogP contribution in [-0.2, 0) is 9.53 Å². The lowest BCUT2D eigenvalue weighted by atomic mass is 9.67. The number of aliphatic carboxylic acids is 1. The minimum Gasteiger partial charge on any atom is -0.481 e. The largest absolute Gasteiger partial charge is 0.481 e. The van der Waals surface area contributed by atoms with Crippen molar-refractivity contribution in [2.24, 2.45) is 16.7 Å². The number of piperidine rings is 1. The van der Waals surface area contributed by atoms with Gasteiger partial charge in [0.15, 0.2) is 0 Å². The Labute approximate surface area is 173 Å². The molecular formula is C24H34FNO3. The maximum absolute atomic E-state index is 14.0. The van der Waals surface area contributed by atoms with E-state index in [1.54, 1.807) is 19.2 Å². The highest BCUT2D eigenvalue weighted by Gasteiger charge is 2.47. The molecule has 3 fully saturated rings. The zero-order valence-electron chi connectivity index (χ0n) is 17.5. The molecule has 1 heterocycles. The molecule has 2 aliphatic carbocycles. The smallest absolute Gasteiger partial charge is 0.310 e. The summed E-state index contributed by atoms with van der Waals surface area (Å²) in [5, 5.41) is 9.62. The van der Waals surface area contributed by atoms with Crippen molar-refractivity contribution in [2.45, 2.75) is 57.3 Å². The minimum atomic E-state index is -0.620. The normalized spacial score (nSPS) is 27.9. The first-order chi connectivity index (χ1) is 14.0. The van der Waals surface area contributed by atoms with Crippen LogP contribution in [0.4, 0.5) is 4.39 Å². The quantitative estimate of drug-likeness (QED) is 0.650. The first-order valence-electron chi connectivity index (χ1n) is 11.2. The average Bonchev–Trinajstić information content (AvgIpc) is 3.44. The number of rotatable bonds is 9. The SMILES string of the molecule is COCC1(CC[C@@H]2CC2c2ccccc2F)CCN(CC2(C(=O)O)CCC2)CC1. The number of ether oxygens (including phenoxy) is 1. The van der Waals surface area contributed by atoms with Gasteiger partial charge in [0.25, 0.3) is 0 Å². The Bertz CT molecular complexity index is 725. The maximum Gasteiger partial charge on any atom is 0.310 e. The van der Waals surface area contributed by atoms with E-state index in [0.29, 0.717) is 18.4 Å². The van der Waals surface area contributed by atoms with Gasteiger partial charge in [-0.2, -0.15) is 0 Å². The van der Waals surface area contributed by atoms with Gasteiger partial charge in [-0.1, -0.05) is 24.6 Å². The Hall–Kier alpha value is -1.46. The summed E-state index contributed by atoms with van der Waals surface area (Å²) < 4.78 is 19.6. The van der Waals surface area contributed by atoms with E-state index in [9.17, 15) is 14.3 Å². The third-order valence-electron chi connectivity index (χ3n) is 7.93. The van der Waals surface area contributed by atoms with Crippen molar-refractivity contribution >= 4 is 5.97 Å². The van der Waals surface area contributed by atoms with Crippen molar-refractivity contribution in [2.75, 3.05) is 33.4 Å². The van der Waals surface area contributed by atoms with Gasteiger partial charge in [-0.3, -0.25) is 4.79 Å². The fraction of sp³-hybridized carbons (Fsp3) is 0.708. The van der Waals surface area contributed by atoms with Crippen LogP contribution >= 0.6 is 0 Å². The van der Waals surface area contributed by atoms with Crippen molar-refractivity contribution in [3.05, 3.63) is 35.6 Å². The number of methoxy groups -OCH3 is 1. The summed E-state index contributed by atoms with van der Waals surface area (Å²) in [5.41, 5.74) is 0.568. The number of carbonyl (C=O) groups is 1. The number of benzene rings is 1. The molecule has 4 rings (SSSR count). The van der Waals surface area contributed by atoms with Crippen molar-refractivity contribution in [3.63, 3.8) is 0 Å².